The van der Waals surface area contributed by atoms with Gasteiger partial charge in [0.2, 0.25) is 5.91 Å². The number of nitrogens with zero attached hydrogens (tertiary/aromatic N) is 2. The van der Waals surface area contributed by atoms with E-state index in [1.165, 1.54) is 0 Å². The first-order valence-corrected chi connectivity index (χ1v) is 11.7. The molecule has 0 saturated carbocycles. The van der Waals surface area contributed by atoms with E-state index in [1.54, 1.807) is 4.90 Å². The maximum Gasteiger partial charge on any atom is 0.324 e. The molecule has 3 aromatic carbocycles. The van der Waals surface area contributed by atoms with Gasteiger partial charge in [0.05, 0.1) is 17.3 Å². The molecule has 0 radical (unpaired) electrons. The Bertz CT molecular complexity index is 1120. The minimum absolute atomic E-state index is 0.0754. The normalized spacial score (nSPS) is 14.8. The molecular formula is C27H28ClN3O2. The molecule has 1 aliphatic heterocycles. The zero-order valence-electron chi connectivity index (χ0n) is 18.7. The Morgan fingerprint density at radius 2 is 1.67 bits per heavy atom. The minimum atomic E-state index is -0.256. The fourth-order valence-electron chi connectivity index (χ4n) is 4.28. The number of halogens is 1. The second-order valence-corrected chi connectivity index (χ2v) is 8.59. The molecule has 0 aromatic heterocycles. The van der Waals surface area contributed by atoms with Crippen LogP contribution in [0.4, 0.5) is 16.2 Å². The highest BCUT2D eigenvalue weighted by Gasteiger charge is 2.29. The molecule has 5 nitrogen and oxygen atoms in total. The van der Waals surface area contributed by atoms with Crippen LogP contribution in [0.1, 0.15) is 36.8 Å². The smallest absolute Gasteiger partial charge is 0.324 e. The average Bonchev–Trinajstić information content (AvgIpc) is 2.83. The number of para-hydroxylation sites is 2. The van der Waals surface area contributed by atoms with E-state index in [0.717, 1.165) is 17.5 Å². The molecule has 0 bridgehead atoms. The largest absolute Gasteiger partial charge is 0.324 e. The van der Waals surface area contributed by atoms with Gasteiger partial charge >= 0.3 is 6.03 Å². The molecule has 170 valence electrons. The molecule has 1 aliphatic rings. The Kier molecular flexibility index (Phi) is 7.30. The van der Waals surface area contributed by atoms with Gasteiger partial charge in [0.25, 0.3) is 0 Å². The fraction of sp³-hybridized carbons (Fsp3) is 0.259. The van der Waals surface area contributed by atoms with Crippen LogP contribution in [0.5, 0.6) is 0 Å². The van der Waals surface area contributed by atoms with Gasteiger partial charge in [-0.25, -0.2) is 4.79 Å². The Hall–Kier alpha value is -3.31. The molecule has 1 atom stereocenters. The first kappa shape index (κ1) is 22.9. The van der Waals surface area contributed by atoms with Crippen LogP contribution in [0.15, 0.2) is 78.9 Å². The van der Waals surface area contributed by atoms with Crippen molar-refractivity contribution in [3.63, 3.8) is 0 Å². The summed E-state index contributed by atoms with van der Waals surface area (Å²) < 4.78 is 0. The predicted octanol–water partition coefficient (Wildman–Crippen LogP) is 6.30. The van der Waals surface area contributed by atoms with Crippen molar-refractivity contribution in [2.24, 2.45) is 0 Å². The van der Waals surface area contributed by atoms with Gasteiger partial charge in [-0.3, -0.25) is 9.69 Å². The number of nitrogens with one attached hydrogen (secondary N) is 1. The second-order valence-electron chi connectivity index (χ2n) is 8.18. The van der Waals surface area contributed by atoms with Gasteiger partial charge in [-0.1, -0.05) is 79.2 Å². The van der Waals surface area contributed by atoms with Crippen molar-refractivity contribution in [2.75, 3.05) is 23.3 Å². The summed E-state index contributed by atoms with van der Waals surface area (Å²) in [6.45, 7) is 3.72. The van der Waals surface area contributed by atoms with E-state index in [1.807, 2.05) is 90.7 Å². The predicted molar refractivity (Wildman–Crippen MR) is 134 cm³/mol. The Balaban J connectivity index is 1.54. The quantitative estimate of drug-likeness (QED) is 0.448. The Morgan fingerprint density at radius 3 is 2.42 bits per heavy atom. The third kappa shape index (κ3) is 5.20. The molecule has 0 aliphatic carbocycles. The van der Waals surface area contributed by atoms with E-state index >= 15 is 0 Å². The van der Waals surface area contributed by atoms with Crippen LogP contribution in [0.25, 0.3) is 0 Å². The third-order valence-electron chi connectivity index (χ3n) is 6.01. The van der Waals surface area contributed by atoms with E-state index in [4.69, 9.17) is 11.6 Å². The summed E-state index contributed by atoms with van der Waals surface area (Å²) in [4.78, 5) is 30.1. The third-order valence-corrected chi connectivity index (χ3v) is 6.38. The molecule has 0 spiro atoms. The van der Waals surface area contributed by atoms with Crippen LogP contribution in [0.2, 0.25) is 5.02 Å². The SMILES string of the molecule is CC[C@H](C(=O)Nc1ccccc1N1CCCN(Cc2ccccc2Cl)C1=O)c1ccccc1. The van der Waals surface area contributed by atoms with Crippen molar-refractivity contribution in [1.82, 2.24) is 4.90 Å². The van der Waals surface area contributed by atoms with Crippen molar-refractivity contribution in [3.05, 3.63) is 95.0 Å². The summed E-state index contributed by atoms with van der Waals surface area (Å²) in [5.74, 6) is -0.332. The molecule has 3 aromatic rings. The maximum absolute atomic E-state index is 13.4. The maximum atomic E-state index is 13.4. The standard InChI is InChI=1S/C27H28ClN3O2/c1-2-22(20-11-4-3-5-12-20)26(32)29-24-15-8-9-16-25(24)31-18-10-17-30(27(31)33)19-21-13-6-7-14-23(21)28/h3-9,11-16,22H,2,10,17-19H2,1H3,(H,29,32)/t22-/m0/s1. The van der Waals surface area contributed by atoms with E-state index in [-0.39, 0.29) is 17.9 Å². The summed E-state index contributed by atoms with van der Waals surface area (Å²) in [6.07, 6.45) is 1.52. The van der Waals surface area contributed by atoms with Crippen LogP contribution in [-0.2, 0) is 11.3 Å². The number of carbonyl (C=O) groups excluding carboxylic acids is 2. The minimum Gasteiger partial charge on any atom is -0.324 e. The molecule has 6 heteroatoms. The van der Waals surface area contributed by atoms with Crippen LogP contribution in [0, 0.1) is 0 Å². The van der Waals surface area contributed by atoms with E-state index in [2.05, 4.69) is 5.32 Å². The fourth-order valence-corrected chi connectivity index (χ4v) is 4.47. The molecule has 4 rings (SSSR count). The van der Waals surface area contributed by atoms with Gasteiger partial charge in [-0.2, -0.15) is 0 Å². The lowest BCUT2D eigenvalue weighted by Gasteiger charge is -2.36. The van der Waals surface area contributed by atoms with Crippen molar-refractivity contribution >= 4 is 34.9 Å². The Morgan fingerprint density at radius 1 is 0.970 bits per heavy atom. The van der Waals surface area contributed by atoms with E-state index < -0.39 is 0 Å². The lowest BCUT2D eigenvalue weighted by atomic mass is 9.95. The molecule has 0 unspecified atom stereocenters. The van der Waals surface area contributed by atoms with E-state index in [9.17, 15) is 9.59 Å². The number of hydrogen-bond donors (Lipinski definition) is 1. The monoisotopic (exact) mass is 461 g/mol. The van der Waals surface area contributed by atoms with Gasteiger partial charge in [-0.15, -0.1) is 0 Å². The van der Waals surface area contributed by atoms with Gasteiger partial charge in [-0.05, 0) is 42.2 Å². The molecule has 3 amide bonds. The second kappa shape index (κ2) is 10.5. The molecule has 1 N–H and O–H groups in total. The number of anilines is 2. The summed E-state index contributed by atoms with van der Waals surface area (Å²) in [7, 11) is 0. The van der Waals surface area contributed by atoms with Crippen LogP contribution in [0.3, 0.4) is 0 Å². The number of rotatable bonds is 7. The lowest BCUT2D eigenvalue weighted by molar-refractivity contribution is -0.117. The topological polar surface area (TPSA) is 52.7 Å². The van der Waals surface area contributed by atoms with Crippen molar-refractivity contribution in [3.8, 4) is 0 Å². The van der Waals surface area contributed by atoms with Crippen molar-refractivity contribution in [1.29, 1.82) is 0 Å². The van der Waals surface area contributed by atoms with Gasteiger partial charge in [0.15, 0.2) is 0 Å². The van der Waals surface area contributed by atoms with Gasteiger partial charge in [0, 0.05) is 24.7 Å². The highest BCUT2D eigenvalue weighted by Crippen LogP contribution is 2.31. The number of amides is 3. The summed E-state index contributed by atoms with van der Waals surface area (Å²) in [5, 5.41) is 3.73. The molecule has 1 fully saturated rings. The number of benzene rings is 3. The molecular weight excluding hydrogens is 434 g/mol. The van der Waals surface area contributed by atoms with Crippen LogP contribution >= 0.6 is 11.6 Å². The highest BCUT2D eigenvalue weighted by atomic mass is 35.5. The number of hydrogen-bond acceptors (Lipinski definition) is 2. The molecule has 33 heavy (non-hydrogen) atoms. The highest BCUT2D eigenvalue weighted by molar-refractivity contribution is 6.31. The van der Waals surface area contributed by atoms with Gasteiger partial charge in [0.1, 0.15) is 0 Å². The van der Waals surface area contributed by atoms with Gasteiger partial charge < -0.3 is 10.2 Å². The number of urea groups is 1. The van der Waals surface area contributed by atoms with E-state index in [0.29, 0.717) is 42.5 Å². The summed E-state index contributed by atoms with van der Waals surface area (Å²) in [6, 6.07) is 24.8. The van der Waals surface area contributed by atoms with Crippen LogP contribution in [-0.4, -0.2) is 29.9 Å². The molecule has 1 saturated heterocycles. The Labute approximate surface area is 200 Å². The van der Waals surface area contributed by atoms with Crippen LogP contribution < -0.4 is 10.2 Å². The average molecular weight is 462 g/mol. The summed E-state index contributed by atoms with van der Waals surface area (Å²) in [5.41, 5.74) is 3.26. The zero-order chi connectivity index (χ0) is 23.2. The number of carbonyl (C=O) groups is 2. The first-order valence-electron chi connectivity index (χ1n) is 11.3. The van der Waals surface area contributed by atoms with Crippen molar-refractivity contribution < 1.29 is 9.59 Å². The summed E-state index contributed by atoms with van der Waals surface area (Å²) >= 11 is 6.32. The van der Waals surface area contributed by atoms with Crippen molar-refractivity contribution in [2.45, 2.75) is 32.2 Å². The molecule has 1 heterocycles. The first-order chi connectivity index (χ1) is 16.1. The lowest BCUT2D eigenvalue weighted by Crippen LogP contribution is -2.49. The zero-order valence-corrected chi connectivity index (χ0v) is 19.5.